The molecule has 112 valence electrons. The van der Waals surface area contributed by atoms with Crippen LogP contribution in [-0.4, -0.2) is 58.7 Å². The molecule has 0 aromatic rings. The van der Waals surface area contributed by atoms with Gasteiger partial charge in [0.25, 0.3) is 10.2 Å². The highest BCUT2D eigenvalue weighted by atomic mass is 32.2. The van der Waals surface area contributed by atoms with Crippen LogP contribution < -0.4 is 4.72 Å². The van der Waals surface area contributed by atoms with Gasteiger partial charge in [-0.1, -0.05) is 0 Å². The third-order valence-corrected chi connectivity index (χ3v) is 4.86. The molecule has 1 fully saturated rings. The topological polar surface area (TPSA) is 84.9 Å². The van der Waals surface area contributed by atoms with E-state index in [-0.39, 0.29) is 25.0 Å². The summed E-state index contributed by atoms with van der Waals surface area (Å²) in [5.41, 5.74) is 0. The Morgan fingerprint density at radius 1 is 1.53 bits per heavy atom. The van der Waals surface area contributed by atoms with Crippen LogP contribution >= 0.6 is 0 Å². The Morgan fingerprint density at radius 2 is 2.21 bits per heavy atom. The summed E-state index contributed by atoms with van der Waals surface area (Å²) in [6.07, 6.45) is 0.968. The van der Waals surface area contributed by atoms with Gasteiger partial charge in [-0.15, -0.1) is 0 Å². The number of methoxy groups -OCH3 is 1. The zero-order valence-corrected chi connectivity index (χ0v) is 12.4. The van der Waals surface area contributed by atoms with E-state index in [1.54, 1.807) is 0 Å². The Morgan fingerprint density at radius 3 is 2.74 bits per heavy atom. The second kappa shape index (κ2) is 7.18. The molecule has 1 aliphatic rings. The van der Waals surface area contributed by atoms with Gasteiger partial charge in [0.2, 0.25) is 0 Å². The molecule has 0 saturated carbocycles. The first-order chi connectivity index (χ1) is 8.86. The lowest BCUT2D eigenvalue weighted by Crippen LogP contribution is -2.42. The molecule has 7 nitrogen and oxygen atoms in total. The van der Waals surface area contributed by atoms with Crippen LogP contribution in [-0.2, 0) is 24.5 Å². The highest BCUT2D eigenvalue weighted by Gasteiger charge is 2.27. The SMILES string of the molecule is COC(=O)CCN(C)S(=O)(=O)NCC1CCOC1C. The van der Waals surface area contributed by atoms with E-state index in [0.717, 1.165) is 10.7 Å². The Balaban J connectivity index is 2.39. The Labute approximate surface area is 114 Å². The second-order valence-electron chi connectivity index (χ2n) is 4.63. The quantitative estimate of drug-likeness (QED) is 0.654. The molecule has 1 rings (SSSR count). The van der Waals surface area contributed by atoms with Crippen molar-refractivity contribution in [1.82, 2.24) is 9.03 Å². The summed E-state index contributed by atoms with van der Waals surface area (Å²) in [4.78, 5) is 11.0. The van der Waals surface area contributed by atoms with Crippen molar-refractivity contribution >= 4 is 16.2 Å². The van der Waals surface area contributed by atoms with Crippen LogP contribution in [0.1, 0.15) is 19.8 Å². The molecule has 1 saturated heterocycles. The second-order valence-corrected chi connectivity index (χ2v) is 6.49. The smallest absolute Gasteiger partial charge is 0.306 e. The van der Waals surface area contributed by atoms with Crippen molar-refractivity contribution in [2.24, 2.45) is 5.92 Å². The number of carbonyl (C=O) groups is 1. The highest BCUT2D eigenvalue weighted by Crippen LogP contribution is 2.19. The Kier molecular flexibility index (Phi) is 6.18. The lowest BCUT2D eigenvalue weighted by Gasteiger charge is -2.20. The van der Waals surface area contributed by atoms with Crippen LogP contribution in [0.4, 0.5) is 0 Å². The van der Waals surface area contributed by atoms with Gasteiger partial charge in [-0.3, -0.25) is 4.79 Å². The lowest BCUT2D eigenvalue weighted by atomic mass is 10.0. The highest BCUT2D eigenvalue weighted by molar-refractivity contribution is 7.87. The fourth-order valence-corrected chi connectivity index (χ4v) is 2.81. The van der Waals surface area contributed by atoms with Crippen LogP contribution in [0.2, 0.25) is 0 Å². The minimum atomic E-state index is -3.56. The van der Waals surface area contributed by atoms with E-state index in [1.807, 2.05) is 6.92 Å². The molecule has 2 atom stereocenters. The van der Waals surface area contributed by atoms with Crippen molar-refractivity contribution in [2.75, 3.05) is 33.9 Å². The summed E-state index contributed by atoms with van der Waals surface area (Å²) < 4.78 is 37.3. The number of hydrogen-bond donors (Lipinski definition) is 1. The zero-order valence-electron chi connectivity index (χ0n) is 11.6. The first-order valence-corrected chi connectivity index (χ1v) is 7.70. The predicted octanol–water partition coefficient (Wildman–Crippen LogP) is -0.259. The molecule has 1 N–H and O–H groups in total. The molecule has 0 aliphatic carbocycles. The van der Waals surface area contributed by atoms with Crippen molar-refractivity contribution in [3.8, 4) is 0 Å². The molecule has 0 radical (unpaired) electrons. The van der Waals surface area contributed by atoms with E-state index in [2.05, 4.69) is 9.46 Å². The average molecular weight is 294 g/mol. The van der Waals surface area contributed by atoms with Crippen molar-refractivity contribution in [3.05, 3.63) is 0 Å². The lowest BCUT2D eigenvalue weighted by molar-refractivity contribution is -0.140. The standard InChI is InChI=1S/C11H22N2O5S/c1-9-10(5-7-18-9)8-12-19(15,16)13(2)6-4-11(14)17-3/h9-10,12H,4-8H2,1-3H3. The molecule has 0 spiro atoms. The van der Waals surface area contributed by atoms with Crippen molar-refractivity contribution < 1.29 is 22.7 Å². The molecule has 2 unspecified atom stereocenters. The van der Waals surface area contributed by atoms with Crippen LogP contribution in [0, 0.1) is 5.92 Å². The average Bonchev–Trinajstić information content (AvgIpc) is 2.78. The van der Waals surface area contributed by atoms with Gasteiger partial charge in [0.1, 0.15) is 0 Å². The van der Waals surface area contributed by atoms with E-state index in [0.29, 0.717) is 13.2 Å². The largest absolute Gasteiger partial charge is 0.469 e. The van der Waals surface area contributed by atoms with Gasteiger partial charge < -0.3 is 9.47 Å². The molecule has 0 bridgehead atoms. The number of rotatable bonds is 7. The maximum absolute atomic E-state index is 11.9. The third kappa shape index (κ3) is 5.06. The molecule has 0 amide bonds. The summed E-state index contributed by atoms with van der Waals surface area (Å²) in [6, 6.07) is 0. The van der Waals surface area contributed by atoms with Gasteiger partial charge in [0.05, 0.1) is 19.6 Å². The molecule has 1 aliphatic heterocycles. The van der Waals surface area contributed by atoms with Crippen LogP contribution in [0.25, 0.3) is 0 Å². The summed E-state index contributed by atoms with van der Waals surface area (Å²) in [5, 5.41) is 0. The summed E-state index contributed by atoms with van der Waals surface area (Å²) in [5.74, 6) is -0.233. The summed E-state index contributed by atoms with van der Waals surface area (Å²) in [6.45, 7) is 3.06. The van der Waals surface area contributed by atoms with E-state index in [1.165, 1.54) is 14.2 Å². The number of ether oxygens (including phenoxy) is 2. The number of hydrogen-bond acceptors (Lipinski definition) is 5. The number of nitrogens with one attached hydrogen (secondary N) is 1. The molecule has 19 heavy (non-hydrogen) atoms. The number of carbonyl (C=O) groups excluding carboxylic acids is 1. The maximum atomic E-state index is 11.9. The Hall–Kier alpha value is -0.700. The van der Waals surface area contributed by atoms with Gasteiger partial charge in [-0.2, -0.15) is 12.7 Å². The normalized spacial score (nSPS) is 23.8. The zero-order chi connectivity index (χ0) is 14.5. The van der Waals surface area contributed by atoms with Crippen molar-refractivity contribution in [1.29, 1.82) is 0 Å². The predicted molar refractivity (Wildman–Crippen MR) is 69.7 cm³/mol. The van der Waals surface area contributed by atoms with E-state index in [9.17, 15) is 13.2 Å². The van der Waals surface area contributed by atoms with Gasteiger partial charge in [0, 0.05) is 32.7 Å². The molecule has 0 aromatic carbocycles. The fourth-order valence-electron chi connectivity index (χ4n) is 1.84. The first-order valence-electron chi connectivity index (χ1n) is 6.26. The monoisotopic (exact) mass is 294 g/mol. The van der Waals surface area contributed by atoms with Gasteiger partial charge in [-0.05, 0) is 13.3 Å². The third-order valence-electron chi connectivity index (χ3n) is 3.33. The van der Waals surface area contributed by atoms with Crippen LogP contribution in [0.3, 0.4) is 0 Å². The molecular formula is C11H22N2O5S. The van der Waals surface area contributed by atoms with Crippen LogP contribution in [0.15, 0.2) is 0 Å². The number of nitrogens with zero attached hydrogens (tertiary/aromatic N) is 1. The Bertz CT molecular complexity index is 398. The molecule has 1 heterocycles. The van der Waals surface area contributed by atoms with Crippen LogP contribution in [0.5, 0.6) is 0 Å². The van der Waals surface area contributed by atoms with E-state index >= 15 is 0 Å². The molecular weight excluding hydrogens is 272 g/mol. The fraction of sp³-hybridized carbons (Fsp3) is 0.909. The molecule has 0 aromatic heterocycles. The molecule has 8 heteroatoms. The summed E-state index contributed by atoms with van der Waals surface area (Å²) >= 11 is 0. The minimum Gasteiger partial charge on any atom is -0.469 e. The van der Waals surface area contributed by atoms with Gasteiger partial charge in [0.15, 0.2) is 0 Å². The van der Waals surface area contributed by atoms with Crippen molar-refractivity contribution in [2.45, 2.75) is 25.9 Å². The minimum absolute atomic E-state index is 0.0385. The maximum Gasteiger partial charge on any atom is 0.306 e. The number of esters is 1. The van der Waals surface area contributed by atoms with E-state index < -0.39 is 16.2 Å². The summed E-state index contributed by atoms with van der Waals surface area (Å²) in [7, 11) is -0.850. The van der Waals surface area contributed by atoms with E-state index in [4.69, 9.17) is 4.74 Å². The first kappa shape index (κ1) is 16.4. The van der Waals surface area contributed by atoms with Gasteiger partial charge >= 0.3 is 5.97 Å². The van der Waals surface area contributed by atoms with Gasteiger partial charge in [-0.25, -0.2) is 4.72 Å². The van der Waals surface area contributed by atoms with Crippen molar-refractivity contribution in [3.63, 3.8) is 0 Å².